The number of hydrogen-bond donors (Lipinski definition) is 2. The lowest BCUT2D eigenvalue weighted by Crippen LogP contribution is -2.31. The Morgan fingerprint density at radius 2 is 2.00 bits per heavy atom. The van der Waals surface area contributed by atoms with Crippen molar-refractivity contribution < 1.29 is 9.90 Å². The number of benzene rings is 1. The molecule has 2 aromatic rings. The van der Waals surface area contributed by atoms with E-state index in [-0.39, 0.29) is 18.2 Å². The van der Waals surface area contributed by atoms with Gasteiger partial charge in [0.05, 0.1) is 31.0 Å². The Balaban J connectivity index is 1.96. The molecular weight excluding hydrogens is 278 g/mol. The smallest absolute Gasteiger partial charge is 0.225 e. The summed E-state index contributed by atoms with van der Waals surface area (Å²) in [5.74, 6) is 0.721. The van der Waals surface area contributed by atoms with Crippen molar-refractivity contribution in [2.24, 2.45) is 5.92 Å². The maximum atomic E-state index is 12.1. The molecule has 0 spiro atoms. The van der Waals surface area contributed by atoms with Crippen LogP contribution < -0.4 is 0 Å². The number of aromatic amines is 1. The predicted octanol–water partition coefficient (Wildman–Crippen LogP) is 2.44. The average Bonchev–Trinajstić information content (AvgIpc) is 2.96. The van der Waals surface area contributed by atoms with Crippen LogP contribution in [0.4, 0.5) is 0 Å². The molecule has 22 heavy (non-hydrogen) atoms. The second-order valence-corrected chi connectivity index (χ2v) is 5.87. The van der Waals surface area contributed by atoms with Crippen molar-refractivity contribution in [1.29, 1.82) is 0 Å². The number of imidazole rings is 1. The number of carbonyl (C=O) groups is 1. The summed E-state index contributed by atoms with van der Waals surface area (Å²) in [5.41, 5.74) is 1.99. The third-order valence-electron chi connectivity index (χ3n) is 3.68. The molecule has 1 amide bonds. The highest BCUT2D eigenvalue weighted by molar-refractivity contribution is 5.76. The van der Waals surface area contributed by atoms with Crippen LogP contribution in [0, 0.1) is 5.92 Å². The fourth-order valence-corrected chi connectivity index (χ4v) is 2.09. The summed E-state index contributed by atoms with van der Waals surface area (Å²) < 4.78 is 0. The van der Waals surface area contributed by atoms with E-state index in [0.29, 0.717) is 6.54 Å². The normalized spacial score (nSPS) is 12.4. The molecule has 5 nitrogen and oxygen atoms in total. The minimum Gasteiger partial charge on any atom is -0.392 e. The van der Waals surface area contributed by atoms with Crippen molar-refractivity contribution >= 4 is 5.91 Å². The Morgan fingerprint density at radius 1 is 1.32 bits per heavy atom. The number of carbonyl (C=O) groups excluding carboxylic acids is 1. The van der Waals surface area contributed by atoms with Crippen molar-refractivity contribution in [1.82, 2.24) is 14.9 Å². The molecule has 0 fully saturated rings. The van der Waals surface area contributed by atoms with Gasteiger partial charge in [0.1, 0.15) is 5.82 Å². The Bertz CT molecular complexity index is 607. The van der Waals surface area contributed by atoms with E-state index < -0.39 is 6.10 Å². The summed E-state index contributed by atoms with van der Waals surface area (Å²) in [5, 5.41) is 9.79. The molecule has 1 aromatic heterocycles. The Labute approximate surface area is 131 Å². The zero-order chi connectivity index (χ0) is 16.1. The first kappa shape index (κ1) is 16.2. The summed E-state index contributed by atoms with van der Waals surface area (Å²) >= 11 is 0. The van der Waals surface area contributed by atoms with E-state index in [1.807, 2.05) is 44.2 Å². The minimum atomic E-state index is -0.605. The van der Waals surface area contributed by atoms with E-state index in [9.17, 15) is 9.90 Å². The molecule has 2 N–H and O–H groups in total. The molecule has 0 bridgehead atoms. The van der Waals surface area contributed by atoms with Crippen molar-refractivity contribution in [2.45, 2.75) is 32.9 Å². The zero-order valence-electron chi connectivity index (χ0n) is 13.3. The zero-order valence-corrected chi connectivity index (χ0v) is 13.3. The maximum absolute atomic E-state index is 12.1. The minimum absolute atomic E-state index is 0.0747. The van der Waals surface area contributed by atoms with E-state index in [4.69, 9.17) is 0 Å². The average molecular weight is 301 g/mol. The van der Waals surface area contributed by atoms with E-state index >= 15 is 0 Å². The van der Waals surface area contributed by atoms with Gasteiger partial charge in [0.15, 0.2) is 0 Å². The van der Waals surface area contributed by atoms with Gasteiger partial charge in [0, 0.05) is 7.05 Å². The number of aliphatic hydroxyl groups excluding tert-OH is 1. The van der Waals surface area contributed by atoms with Gasteiger partial charge in [0.2, 0.25) is 5.91 Å². The van der Waals surface area contributed by atoms with Crippen LogP contribution in [-0.2, 0) is 11.3 Å². The first-order valence-corrected chi connectivity index (χ1v) is 7.48. The molecule has 5 heteroatoms. The van der Waals surface area contributed by atoms with Crippen LogP contribution in [0.5, 0.6) is 0 Å². The molecule has 0 saturated carbocycles. The largest absolute Gasteiger partial charge is 0.392 e. The topological polar surface area (TPSA) is 69.2 Å². The number of aliphatic hydroxyl groups is 1. The number of rotatable bonds is 6. The van der Waals surface area contributed by atoms with E-state index in [1.54, 1.807) is 18.1 Å². The Hall–Kier alpha value is -2.14. The van der Waals surface area contributed by atoms with Gasteiger partial charge in [0.25, 0.3) is 0 Å². The highest BCUT2D eigenvalue weighted by Crippen LogP contribution is 2.16. The molecule has 0 saturated heterocycles. The molecule has 0 aliphatic heterocycles. The molecule has 1 unspecified atom stereocenters. The fraction of sp³-hybridized carbons (Fsp3) is 0.412. The van der Waals surface area contributed by atoms with Gasteiger partial charge in [-0.15, -0.1) is 0 Å². The highest BCUT2D eigenvalue weighted by Gasteiger charge is 2.18. The second kappa shape index (κ2) is 7.22. The number of hydrogen-bond acceptors (Lipinski definition) is 3. The summed E-state index contributed by atoms with van der Waals surface area (Å²) in [4.78, 5) is 21.2. The number of amides is 1. The highest BCUT2D eigenvalue weighted by atomic mass is 16.3. The molecule has 2 rings (SSSR count). The predicted molar refractivity (Wildman–Crippen MR) is 86.0 cm³/mol. The standard InChI is InChI=1S/C17H23N3O2/c1-12(2)15(21)9-17(22)20(3)11-16-18-10-14(19-16)13-7-5-4-6-8-13/h4-8,10,12,15,21H,9,11H2,1-3H3,(H,18,19). The van der Waals surface area contributed by atoms with Crippen LogP contribution in [0.1, 0.15) is 26.1 Å². The van der Waals surface area contributed by atoms with E-state index in [1.165, 1.54) is 0 Å². The van der Waals surface area contributed by atoms with Crippen molar-refractivity contribution in [2.75, 3.05) is 7.05 Å². The number of aromatic nitrogens is 2. The molecule has 0 aliphatic rings. The third kappa shape index (κ3) is 4.18. The third-order valence-corrected chi connectivity index (χ3v) is 3.68. The summed E-state index contributed by atoms with van der Waals surface area (Å²) in [6.07, 6.45) is 1.30. The molecule has 1 heterocycles. The van der Waals surface area contributed by atoms with Crippen molar-refractivity contribution in [3.63, 3.8) is 0 Å². The van der Waals surface area contributed by atoms with E-state index in [2.05, 4.69) is 9.97 Å². The summed E-state index contributed by atoms with van der Waals surface area (Å²) in [6, 6.07) is 9.92. The summed E-state index contributed by atoms with van der Waals surface area (Å²) in [7, 11) is 1.72. The van der Waals surface area contributed by atoms with Crippen LogP contribution in [0.15, 0.2) is 36.5 Å². The molecule has 1 atom stereocenters. The van der Waals surface area contributed by atoms with E-state index in [0.717, 1.165) is 17.1 Å². The van der Waals surface area contributed by atoms with Gasteiger partial charge in [-0.05, 0) is 11.5 Å². The molecule has 118 valence electrons. The van der Waals surface area contributed by atoms with Crippen LogP contribution in [0.2, 0.25) is 0 Å². The molecule has 1 aromatic carbocycles. The lowest BCUT2D eigenvalue weighted by Gasteiger charge is -2.19. The lowest BCUT2D eigenvalue weighted by atomic mass is 10.0. The second-order valence-electron chi connectivity index (χ2n) is 5.87. The quantitative estimate of drug-likeness (QED) is 0.861. The van der Waals surface area contributed by atoms with Gasteiger partial charge < -0.3 is 15.0 Å². The number of nitrogens with zero attached hydrogens (tertiary/aromatic N) is 2. The van der Waals surface area contributed by atoms with Crippen molar-refractivity contribution in [3.8, 4) is 11.3 Å². The first-order chi connectivity index (χ1) is 10.5. The van der Waals surface area contributed by atoms with Gasteiger partial charge >= 0.3 is 0 Å². The van der Waals surface area contributed by atoms with Crippen LogP contribution in [0.25, 0.3) is 11.3 Å². The SMILES string of the molecule is CC(C)C(O)CC(=O)N(C)Cc1ncc(-c2ccccc2)[nH]1. The van der Waals surface area contributed by atoms with Gasteiger partial charge in [-0.1, -0.05) is 44.2 Å². The number of nitrogens with one attached hydrogen (secondary N) is 1. The first-order valence-electron chi connectivity index (χ1n) is 7.48. The van der Waals surface area contributed by atoms with Crippen LogP contribution in [0.3, 0.4) is 0 Å². The Kier molecular flexibility index (Phi) is 5.33. The fourth-order valence-electron chi connectivity index (χ4n) is 2.09. The maximum Gasteiger partial charge on any atom is 0.225 e. The number of H-pyrrole nitrogens is 1. The van der Waals surface area contributed by atoms with Crippen molar-refractivity contribution in [3.05, 3.63) is 42.4 Å². The Morgan fingerprint density at radius 3 is 2.64 bits per heavy atom. The summed E-state index contributed by atoms with van der Waals surface area (Å²) in [6.45, 7) is 4.20. The molecule has 0 aliphatic carbocycles. The van der Waals surface area contributed by atoms with Gasteiger partial charge in [-0.25, -0.2) is 4.98 Å². The van der Waals surface area contributed by atoms with Gasteiger partial charge in [-0.2, -0.15) is 0 Å². The van der Waals surface area contributed by atoms with Crippen LogP contribution >= 0.6 is 0 Å². The van der Waals surface area contributed by atoms with Crippen LogP contribution in [-0.4, -0.2) is 39.0 Å². The lowest BCUT2D eigenvalue weighted by molar-refractivity contribution is -0.133. The molecular formula is C17H23N3O2. The monoisotopic (exact) mass is 301 g/mol. The van der Waals surface area contributed by atoms with Gasteiger partial charge in [-0.3, -0.25) is 4.79 Å². The molecule has 0 radical (unpaired) electrons.